The van der Waals surface area contributed by atoms with Crippen LogP contribution in [0.4, 0.5) is 4.39 Å². The summed E-state index contributed by atoms with van der Waals surface area (Å²) in [5, 5.41) is 8.38. The predicted octanol–water partition coefficient (Wildman–Crippen LogP) is 3.31. The minimum Gasteiger partial charge on any atom is -0.497 e. The molecule has 6 nitrogen and oxygen atoms in total. The zero-order chi connectivity index (χ0) is 21.6. The highest BCUT2D eigenvalue weighted by Crippen LogP contribution is 2.27. The van der Waals surface area contributed by atoms with Crippen molar-refractivity contribution in [2.75, 3.05) is 33.9 Å². The maximum absolute atomic E-state index is 13.6. The fourth-order valence-corrected chi connectivity index (χ4v) is 4.03. The number of methoxy groups -OCH3 is 2. The van der Waals surface area contributed by atoms with Crippen molar-refractivity contribution in [3.05, 3.63) is 76.9 Å². The zero-order valence-electron chi connectivity index (χ0n) is 18.1. The summed E-state index contributed by atoms with van der Waals surface area (Å²) >= 11 is 0. The SMILES string of the molecule is COCCNCc1nn(-c2ccc(OC)cc2)c2c1CN(Cc1cccc(F)c1)CC2. The molecular formula is C24H29FN4O2. The first kappa shape index (κ1) is 21.5. The van der Waals surface area contributed by atoms with Crippen LogP contribution < -0.4 is 10.1 Å². The highest BCUT2D eigenvalue weighted by molar-refractivity contribution is 5.42. The van der Waals surface area contributed by atoms with Gasteiger partial charge in [-0.05, 0) is 42.0 Å². The molecule has 0 radical (unpaired) electrons. The highest BCUT2D eigenvalue weighted by Gasteiger charge is 2.25. The van der Waals surface area contributed by atoms with Gasteiger partial charge in [0.05, 0.1) is 30.8 Å². The number of nitrogens with zero attached hydrogens (tertiary/aromatic N) is 3. The second-order valence-electron chi connectivity index (χ2n) is 7.74. The molecule has 0 fully saturated rings. The molecular weight excluding hydrogens is 395 g/mol. The summed E-state index contributed by atoms with van der Waals surface area (Å²) in [6, 6.07) is 14.8. The van der Waals surface area contributed by atoms with Crippen molar-refractivity contribution >= 4 is 0 Å². The van der Waals surface area contributed by atoms with Crippen molar-refractivity contribution in [1.82, 2.24) is 20.0 Å². The van der Waals surface area contributed by atoms with Gasteiger partial charge in [0.25, 0.3) is 0 Å². The van der Waals surface area contributed by atoms with Gasteiger partial charge in [0.1, 0.15) is 11.6 Å². The van der Waals surface area contributed by atoms with Crippen molar-refractivity contribution in [2.45, 2.75) is 26.1 Å². The van der Waals surface area contributed by atoms with Gasteiger partial charge in [-0.1, -0.05) is 12.1 Å². The number of hydrogen-bond donors (Lipinski definition) is 1. The van der Waals surface area contributed by atoms with E-state index in [9.17, 15) is 4.39 Å². The van der Waals surface area contributed by atoms with Crippen LogP contribution in [0.2, 0.25) is 0 Å². The Morgan fingerprint density at radius 2 is 1.97 bits per heavy atom. The third kappa shape index (κ3) is 5.12. The summed E-state index contributed by atoms with van der Waals surface area (Å²) in [6.07, 6.45) is 0.891. The third-order valence-corrected chi connectivity index (χ3v) is 5.61. The molecule has 2 heterocycles. The molecule has 1 aliphatic heterocycles. The number of fused-ring (bicyclic) bond motifs is 1. The van der Waals surface area contributed by atoms with Crippen LogP contribution in [0.15, 0.2) is 48.5 Å². The smallest absolute Gasteiger partial charge is 0.123 e. The van der Waals surface area contributed by atoms with Gasteiger partial charge in [-0.25, -0.2) is 9.07 Å². The molecule has 0 atom stereocenters. The molecule has 1 N–H and O–H groups in total. The number of rotatable bonds is 9. The van der Waals surface area contributed by atoms with Crippen molar-refractivity contribution < 1.29 is 13.9 Å². The lowest BCUT2D eigenvalue weighted by atomic mass is 10.0. The van der Waals surface area contributed by atoms with Gasteiger partial charge in [0, 0.05) is 51.8 Å². The summed E-state index contributed by atoms with van der Waals surface area (Å²) in [4.78, 5) is 2.36. The van der Waals surface area contributed by atoms with Crippen LogP contribution >= 0.6 is 0 Å². The van der Waals surface area contributed by atoms with E-state index in [-0.39, 0.29) is 5.82 Å². The lowest BCUT2D eigenvalue weighted by Gasteiger charge is -2.28. The maximum atomic E-state index is 13.6. The van der Waals surface area contributed by atoms with Gasteiger partial charge in [-0.2, -0.15) is 5.10 Å². The average Bonchev–Trinajstić information content (AvgIpc) is 3.15. The number of hydrogen-bond acceptors (Lipinski definition) is 5. The minimum atomic E-state index is -0.189. The Kier molecular flexibility index (Phi) is 6.96. The van der Waals surface area contributed by atoms with E-state index < -0.39 is 0 Å². The molecule has 0 bridgehead atoms. The third-order valence-electron chi connectivity index (χ3n) is 5.61. The fourth-order valence-electron chi connectivity index (χ4n) is 4.03. The Morgan fingerprint density at radius 3 is 2.71 bits per heavy atom. The summed E-state index contributed by atoms with van der Waals surface area (Å²) < 4.78 is 26.1. The molecule has 0 saturated carbocycles. The second kappa shape index (κ2) is 10.0. The number of nitrogens with one attached hydrogen (secondary N) is 1. The van der Waals surface area contributed by atoms with Crippen molar-refractivity contribution in [3.63, 3.8) is 0 Å². The van der Waals surface area contributed by atoms with Gasteiger partial charge in [0.15, 0.2) is 0 Å². The Labute approximate surface area is 182 Å². The van der Waals surface area contributed by atoms with E-state index in [4.69, 9.17) is 14.6 Å². The molecule has 0 aliphatic carbocycles. The van der Waals surface area contributed by atoms with Crippen LogP contribution in [-0.4, -0.2) is 48.6 Å². The first-order chi connectivity index (χ1) is 15.2. The number of aromatic nitrogens is 2. The van der Waals surface area contributed by atoms with Crippen LogP contribution in [0.1, 0.15) is 22.5 Å². The van der Waals surface area contributed by atoms with E-state index in [1.165, 1.54) is 17.3 Å². The molecule has 0 unspecified atom stereocenters. The van der Waals surface area contributed by atoms with E-state index in [1.54, 1.807) is 26.4 Å². The molecule has 4 rings (SSSR count). The van der Waals surface area contributed by atoms with Crippen molar-refractivity contribution in [1.29, 1.82) is 0 Å². The first-order valence-electron chi connectivity index (χ1n) is 10.6. The summed E-state index contributed by atoms with van der Waals surface area (Å²) in [5.74, 6) is 0.637. The first-order valence-corrected chi connectivity index (χ1v) is 10.6. The summed E-state index contributed by atoms with van der Waals surface area (Å²) in [6.45, 7) is 4.54. The molecule has 0 saturated heterocycles. The van der Waals surface area contributed by atoms with Crippen molar-refractivity contribution in [3.8, 4) is 11.4 Å². The molecule has 0 spiro atoms. The Bertz CT molecular complexity index is 1000. The lowest BCUT2D eigenvalue weighted by Crippen LogP contribution is -2.31. The Hall–Kier alpha value is -2.74. The maximum Gasteiger partial charge on any atom is 0.123 e. The van der Waals surface area contributed by atoms with E-state index in [1.807, 2.05) is 30.3 Å². The number of benzene rings is 2. The van der Waals surface area contributed by atoms with Gasteiger partial charge in [-0.15, -0.1) is 0 Å². The molecule has 2 aromatic carbocycles. The molecule has 1 aromatic heterocycles. The molecule has 3 aromatic rings. The molecule has 1 aliphatic rings. The van der Waals surface area contributed by atoms with E-state index in [0.29, 0.717) is 13.2 Å². The second-order valence-corrected chi connectivity index (χ2v) is 7.74. The standard InChI is InChI=1S/C24H29FN4O2/c1-30-13-11-26-15-23-22-17-28(16-18-4-3-5-19(25)14-18)12-10-24(22)29(27-23)20-6-8-21(31-2)9-7-20/h3-9,14,26H,10-13,15-17H2,1-2H3. The van der Waals surface area contributed by atoms with Crippen LogP contribution in [0.5, 0.6) is 5.75 Å². The Morgan fingerprint density at radius 1 is 1.13 bits per heavy atom. The van der Waals surface area contributed by atoms with E-state index in [2.05, 4.69) is 14.9 Å². The van der Waals surface area contributed by atoms with Crippen LogP contribution in [0.3, 0.4) is 0 Å². The minimum absolute atomic E-state index is 0.189. The largest absolute Gasteiger partial charge is 0.497 e. The summed E-state index contributed by atoms with van der Waals surface area (Å²) in [7, 11) is 3.37. The quantitative estimate of drug-likeness (QED) is 0.534. The van der Waals surface area contributed by atoms with Gasteiger partial charge >= 0.3 is 0 Å². The molecule has 0 amide bonds. The van der Waals surface area contributed by atoms with Crippen LogP contribution in [0, 0.1) is 5.82 Å². The summed E-state index contributed by atoms with van der Waals surface area (Å²) in [5.41, 5.74) is 5.56. The lowest BCUT2D eigenvalue weighted by molar-refractivity contribution is 0.199. The van der Waals surface area contributed by atoms with E-state index in [0.717, 1.165) is 55.3 Å². The molecule has 31 heavy (non-hydrogen) atoms. The molecule has 164 valence electrons. The van der Waals surface area contributed by atoms with Gasteiger partial charge in [-0.3, -0.25) is 4.90 Å². The normalized spacial score (nSPS) is 13.9. The predicted molar refractivity (Wildman–Crippen MR) is 118 cm³/mol. The fraction of sp³-hybridized carbons (Fsp3) is 0.375. The van der Waals surface area contributed by atoms with E-state index >= 15 is 0 Å². The van der Waals surface area contributed by atoms with Crippen LogP contribution in [-0.2, 0) is 30.8 Å². The van der Waals surface area contributed by atoms with Crippen LogP contribution in [0.25, 0.3) is 5.69 Å². The Balaban J connectivity index is 1.58. The highest BCUT2D eigenvalue weighted by atomic mass is 19.1. The molecule has 7 heteroatoms. The monoisotopic (exact) mass is 424 g/mol. The van der Waals surface area contributed by atoms with Gasteiger partial charge < -0.3 is 14.8 Å². The van der Waals surface area contributed by atoms with Gasteiger partial charge in [0.2, 0.25) is 0 Å². The number of halogens is 1. The zero-order valence-corrected chi connectivity index (χ0v) is 18.1. The topological polar surface area (TPSA) is 51.6 Å². The van der Waals surface area contributed by atoms with Crippen molar-refractivity contribution in [2.24, 2.45) is 0 Å². The average molecular weight is 425 g/mol. The number of ether oxygens (including phenoxy) is 2.